The van der Waals surface area contributed by atoms with E-state index in [1.165, 1.54) is 19.1 Å². The van der Waals surface area contributed by atoms with Crippen molar-refractivity contribution in [2.75, 3.05) is 20.8 Å². The molecular weight excluding hydrogens is 514 g/mol. The summed E-state index contributed by atoms with van der Waals surface area (Å²) in [6.45, 7) is 0.249. The van der Waals surface area contributed by atoms with Gasteiger partial charge < -0.3 is 24.6 Å². The Bertz CT molecular complexity index is 1290. The standard InChI is InChI=1S/C27H24BrNO6/c1-34-19-10-8-17(9-11-19)24(30)22-23(18-14-20(28)25(31)21(15-18)35-2)29(27(33)26(22)32)13-12-16-6-4-3-5-7-16/h3-11,14-15,23,30-31H,12-13H2,1-2H3. The van der Waals surface area contributed by atoms with E-state index in [2.05, 4.69) is 15.9 Å². The highest BCUT2D eigenvalue weighted by Gasteiger charge is 2.46. The number of aliphatic hydroxyl groups excluding tert-OH is 1. The van der Waals surface area contributed by atoms with Crippen LogP contribution in [-0.4, -0.2) is 47.6 Å². The number of carbonyl (C=O) groups excluding carboxylic acids is 2. The molecule has 1 heterocycles. The summed E-state index contributed by atoms with van der Waals surface area (Å²) in [5.74, 6) is -1.11. The molecule has 2 N–H and O–H groups in total. The number of amides is 1. The molecule has 0 aromatic heterocycles. The zero-order valence-corrected chi connectivity index (χ0v) is 20.8. The van der Waals surface area contributed by atoms with Crippen LogP contribution >= 0.6 is 15.9 Å². The van der Waals surface area contributed by atoms with Crippen LogP contribution in [0.15, 0.2) is 76.8 Å². The molecule has 7 nitrogen and oxygen atoms in total. The number of aromatic hydroxyl groups is 1. The highest BCUT2D eigenvalue weighted by molar-refractivity contribution is 9.10. The minimum atomic E-state index is -0.883. The summed E-state index contributed by atoms with van der Waals surface area (Å²) in [4.78, 5) is 27.9. The highest BCUT2D eigenvalue weighted by Crippen LogP contribution is 2.44. The number of nitrogens with zero attached hydrogens (tertiary/aromatic N) is 1. The van der Waals surface area contributed by atoms with Crippen LogP contribution in [0.1, 0.15) is 22.7 Å². The number of rotatable bonds is 7. The first-order valence-corrected chi connectivity index (χ1v) is 11.7. The number of carbonyl (C=O) groups is 2. The monoisotopic (exact) mass is 537 g/mol. The Morgan fingerprint density at radius 1 is 1.00 bits per heavy atom. The van der Waals surface area contributed by atoms with Crippen LogP contribution in [-0.2, 0) is 16.0 Å². The van der Waals surface area contributed by atoms with Crippen molar-refractivity contribution in [1.82, 2.24) is 4.90 Å². The Balaban J connectivity index is 1.84. The lowest BCUT2D eigenvalue weighted by Gasteiger charge is -2.26. The third kappa shape index (κ3) is 4.74. The average Bonchev–Trinajstić information content (AvgIpc) is 3.14. The number of methoxy groups -OCH3 is 2. The molecule has 0 saturated carbocycles. The van der Waals surface area contributed by atoms with Gasteiger partial charge in [0.05, 0.1) is 30.3 Å². The van der Waals surface area contributed by atoms with Crippen molar-refractivity contribution in [3.63, 3.8) is 0 Å². The summed E-state index contributed by atoms with van der Waals surface area (Å²) >= 11 is 3.32. The van der Waals surface area contributed by atoms with Crippen LogP contribution in [0.3, 0.4) is 0 Å². The minimum absolute atomic E-state index is 0.0344. The number of ketones is 1. The van der Waals surface area contributed by atoms with Crippen LogP contribution in [0.2, 0.25) is 0 Å². The number of phenols is 1. The molecule has 1 fully saturated rings. The van der Waals surface area contributed by atoms with E-state index in [9.17, 15) is 19.8 Å². The number of phenolic OH excluding ortho intramolecular Hbond substituents is 1. The fourth-order valence-electron chi connectivity index (χ4n) is 4.16. The van der Waals surface area contributed by atoms with Crippen molar-refractivity contribution in [1.29, 1.82) is 0 Å². The van der Waals surface area contributed by atoms with Crippen LogP contribution in [0.5, 0.6) is 17.2 Å². The molecule has 8 heteroatoms. The number of hydrogen-bond acceptors (Lipinski definition) is 6. The lowest BCUT2D eigenvalue weighted by molar-refractivity contribution is -0.139. The molecule has 1 amide bonds. The summed E-state index contributed by atoms with van der Waals surface area (Å²) in [6.07, 6.45) is 0.517. The first-order valence-electron chi connectivity index (χ1n) is 10.9. The van der Waals surface area contributed by atoms with Crippen LogP contribution < -0.4 is 9.47 Å². The van der Waals surface area contributed by atoms with E-state index in [1.807, 2.05) is 30.3 Å². The van der Waals surface area contributed by atoms with Crippen LogP contribution in [0.25, 0.3) is 5.76 Å². The Morgan fingerprint density at radius 2 is 1.69 bits per heavy atom. The molecule has 0 bridgehead atoms. The fraction of sp³-hybridized carbons (Fsp3) is 0.185. The third-order valence-electron chi connectivity index (χ3n) is 5.97. The molecule has 1 saturated heterocycles. The fourth-order valence-corrected chi connectivity index (χ4v) is 4.62. The van der Waals surface area contributed by atoms with Gasteiger partial charge in [0.2, 0.25) is 0 Å². The van der Waals surface area contributed by atoms with E-state index in [4.69, 9.17) is 9.47 Å². The van der Waals surface area contributed by atoms with Gasteiger partial charge in [-0.1, -0.05) is 30.3 Å². The quantitative estimate of drug-likeness (QED) is 0.254. The van der Waals surface area contributed by atoms with E-state index in [0.29, 0.717) is 27.8 Å². The second kappa shape index (κ2) is 10.2. The van der Waals surface area contributed by atoms with Crippen molar-refractivity contribution < 1.29 is 29.3 Å². The van der Waals surface area contributed by atoms with Gasteiger partial charge in [0.1, 0.15) is 11.5 Å². The summed E-state index contributed by atoms with van der Waals surface area (Å²) in [5, 5.41) is 21.5. The average molecular weight is 538 g/mol. The normalized spacial score (nSPS) is 17.0. The van der Waals surface area contributed by atoms with Gasteiger partial charge in [0.15, 0.2) is 11.5 Å². The van der Waals surface area contributed by atoms with Crippen LogP contribution in [0, 0.1) is 0 Å². The number of benzene rings is 3. The third-order valence-corrected chi connectivity index (χ3v) is 6.58. The molecule has 0 radical (unpaired) electrons. The summed E-state index contributed by atoms with van der Waals surface area (Å²) in [5.41, 5.74) is 1.86. The Kier molecular flexibility index (Phi) is 7.12. The summed E-state index contributed by atoms with van der Waals surface area (Å²) in [6, 6.07) is 18.5. The molecule has 4 rings (SSSR count). The van der Waals surface area contributed by atoms with E-state index in [-0.39, 0.29) is 29.4 Å². The number of likely N-dealkylation sites (tertiary alicyclic amines) is 1. The van der Waals surface area contributed by atoms with Gasteiger partial charge in [-0.05, 0) is 69.9 Å². The number of aliphatic hydroxyl groups is 1. The number of halogens is 1. The molecule has 3 aromatic rings. The number of ether oxygens (including phenoxy) is 2. The smallest absolute Gasteiger partial charge is 0.295 e. The first-order chi connectivity index (χ1) is 16.8. The van der Waals surface area contributed by atoms with Crippen LogP contribution in [0.4, 0.5) is 0 Å². The molecule has 1 aliphatic rings. The molecule has 180 valence electrons. The molecule has 0 aliphatic carbocycles. The topological polar surface area (TPSA) is 96.3 Å². The van der Waals surface area contributed by atoms with Crippen molar-refractivity contribution in [3.05, 3.63) is 93.5 Å². The van der Waals surface area contributed by atoms with E-state index in [1.54, 1.807) is 36.4 Å². The largest absolute Gasteiger partial charge is 0.507 e. The molecule has 3 aromatic carbocycles. The number of Topliss-reactive ketones (excluding diaryl/α,β-unsaturated/α-hetero) is 1. The number of hydrogen-bond donors (Lipinski definition) is 2. The molecule has 1 aliphatic heterocycles. The molecule has 1 unspecified atom stereocenters. The lowest BCUT2D eigenvalue weighted by atomic mass is 9.94. The maximum atomic E-state index is 13.2. The minimum Gasteiger partial charge on any atom is -0.507 e. The second-order valence-corrected chi connectivity index (χ2v) is 8.86. The first kappa shape index (κ1) is 24.3. The zero-order chi connectivity index (χ0) is 25.1. The maximum absolute atomic E-state index is 13.2. The Morgan fingerprint density at radius 3 is 2.31 bits per heavy atom. The predicted molar refractivity (Wildman–Crippen MR) is 135 cm³/mol. The van der Waals surface area contributed by atoms with Crippen molar-refractivity contribution >= 4 is 33.4 Å². The van der Waals surface area contributed by atoms with E-state index >= 15 is 0 Å². The van der Waals surface area contributed by atoms with Gasteiger partial charge >= 0.3 is 0 Å². The van der Waals surface area contributed by atoms with Crippen molar-refractivity contribution in [2.24, 2.45) is 0 Å². The maximum Gasteiger partial charge on any atom is 0.295 e. The molecule has 35 heavy (non-hydrogen) atoms. The zero-order valence-electron chi connectivity index (χ0n) is 19.2. The van der Waals surface area contributed by atoms with Crippen molar-refractivity contribution in [3.8, 4) is 17.2 Å². The highest BCUT2D eigenvalue weighted by atomic mass is 79.9. The van der Waals surface area contributed by atoms with Gasteiger partial charge in [-0.3, -0.25) is 9.59 Å². The van der Waals surface area contributed by atoms with Gasteiger partial charge in [0.25, 0.3) is 11.7 Å². The van der Waals surface area contributed by atoms with Gasteiger partial charge in [-0.2, -0.15) is 0 Å². The van der Waals surface area contributed by atoms with Crippen molar-refractivity contribution in [2.45, 2.75) is 12.5 Å². The molecule has 0 spiro atoms. The summed E-state index contributed by atoms with van der Waals surface area (Å²) < 4.78 is 10.8. The van der Waals surface area contributed by atoms with E-state index in [0.717, 1.165) is 5.56 Å². The SMILES string of the molecule is COc1ccc(C(O)=C2C(=O)C(=O)N(CCc3ccccc3)C2c2cc(Br)c(O)c(OC)c2)cc1. The van der Waals surface area contributed by atoms with Gasteiger partial charge in [0, 0.05) is 12.1 Å². The summed E-state index contributed by atoms with van der Waals surface area (Å²) in [7, 11) is 2.94. The Hall–Kier alpha value is -3.78. The predicted octanol–water partition coefficient (Wildman–Crippen LogP) is 4.84. The Labute approximate surface area is 211 Å². The van der Waals surface area contributed by atoms with Gasteiger partial charge in [-0.25, -0.2) is 0 Å². The second-order valence-electron chi connectivity index (χ2n) is 8.01. The van der Waals surface area contributed by atoms with E-state index < -0.39 is 17.7 Å². The molecular formula is C27H24BrNO6. The van der Waals surface area contributed by atoms with Gasteiger partial charge in [-0.15, -0.1) is 0 Å². The molecule has 1 atom stereocenters. The lowest BCUT2D eigenvalue weighted by Crippen LogP contribution is -2.31.